The van der Waals surface area contributed by atoms with Gasteiger partial charge in [0.25, 0.3) is 0 Å². The molecule has 0 heterocycles. The zero-order chi connectivity index (χ0) is 19.7. The molecule has 0 atom stereocenters. The number of aliphatic hydroxyl groups is 1. The minimum absolute atomic E-state index is 0.0383. The number of ether oxygens (including phenoxy) is 7. The highest BCUT2D eigenvalue weighted by Gasteiger charge is 1.94. The maximum Gasteiger partial charge on any atom is 0.0701 e. The van der Waals surface area contributed by atoms with Gasteiger partial charge in [0.05, 0.1) is 92.5 Å². The first-order valence-corrected chi connectivity index (χ1v) is 10.1. The molecule has 0 spiro atoms. The fraction of sp³-hybridized carbons (Fsp3) is 1.00. The van der Waals surface area contributed by atoms with Gasteiger partial charge in [-0.05, 0) is 6.42 Å². The predicted molar refractivity (Wildman–Crippen MR) is 102 cm³/mol. The van der Waals surface area contributed by atoms with Gasteiger partial charge in [-0.25, -0.2) is 0 Å². The van der Waals surface area contributed by atoms with E-state index < -0.39 is 0 Å². The van der Waals surface area contributed by atoms with Gasteiger partial charge in [-0.2, -0.15) is 0 Å². The fourth-order valence-electron chi connectivity index (χ4n) is 1.94. The third-order valence-corrected chi connectivity index (χ3v) is 3.36. The highest BCUT2D eigenvalue weighted by Crippen LogP contribution is 1.93. The molecule has 0 aromatic carbocycles. The Hall–Kier alpha value is -0.320. The summed E-state index contributed by atoms with van der Waals surface area (Å²) in [5.74, 6) is 0. The van der Waals surface area contributed by atoms with E-state index in [9.17, 15) is 0 Å². The zero-order valence-electron chi connectivity index (χ0n) is 17.0. The molecule has 0 saturated heterocycles. The molecule has 0 radical (unpaired) electrons. The summed E-state index contributed by atoms with van der Waals surface area (Å²) in [6.07, 6.45) is 3.56. The van der Waals surface area contributed by atoms with Crippen molar-refractivity contribution < 1.29 is 38.3 Å². The Morgan fingerprint density at radius 1 is 0.407 bits per heavy atom. The van der Waals surface area contributed by atoms with Crippen molar-refractivity contribution in [2.24, 2.45) is 0 Å². The number of hydrogen-bond donors (Lipinski definition) is 1. The summed E-state index contributed by atoms with van der Waals surface area (Å²) < 4.78 is 37.4. The molecule has 0 unspecified atom stereocenters. The van der Waals surface area contributed by atoms with E-state index in [1.54, 1.807) is 0 Å². The molecule has 0 aromatic heterocycles. The molecule has 8 nitrogen and oxygen atoms in total. The average molecular weight is 397 g/mol. The molecule has 0 aliphatic carbocycles. The van der Waals surface area contributed by atoms with Crippen molar-refractivity contribution in [3.05, 3.63) is 0 Å². The third-order valence-electron chi connectivity index (χ3n) is 3.36. The lowest BCUT2D eigenvalue weighted by Crippen LogP contribution is -2.14. The molecule has 1 N–H and O–H groups in total. The topological polar surface area (TPSA) is 84.8 Å². The van der Waals surface area contributed by atoms with Crippen LogP contribution in [-0.2, 0) is 33.2 Å². The third kappa shape index (κ3) is 25.7. The highest BCUT2D eigenvalue weighted by molar-refractivity contribution is 4.38. The van der Waals surface area contributed by atoms with Crippen molar-refractivity contribution in [2.45, 2.75) is 26.2 Å². The van der Waals surface area contributed by atoms with Gasteiger partial charge in [-0.15, -0.1) is 0 Å². The smallest absolute Gasteiger partial charge is 0.0701 e. The second kappa shape index (κ2) is 25.7. The monoisotopic (exact) mass is 396 g/mol. The first kappa shape index (κ1) is 26.7. The minimum Gasteiger partial charge on any atom is -0.394 e. The Kier molecular flexibility index (Phi) is 25.4. The maximum absolute atomic E-state index is 8.52. The Bertz CT molecular complexity index is 232. The number of hydrogen-bond acceptors (Lipinski definition) is 8. The van der Waals surface area contributed by atoms with Gasteiger partial charge in [0, 0.05) is 6.61 Å². The SMILES string of the molecule is CCCCCOCCOCCOCCOCCOCCOCCOCCO. The minimum atomic E-state index is 0.0383. The van der Waals surface area contributed by atoms with Crippen LogP contribution in [0.2, 0.25) is 0 Å². The van der Waals surface area contributed by atoms with Crippen LogP contribution in [0.3, 0.4) is 0 Å². The lowest BCUT2D eigenvalue weighted by molar-refractivity contribution is -0.0215. The van der Waals surface area contributed by atoms with Gasteiger partial charge in [0.1, 0.15) is 0 Å². The maximum atomic E-state index is 8.52. The largest absolute Gasteiger partial charge is 0.394 e. The first-order chi connectivity index (χ1) is 13.4. The molecule has 164 valence electrons. The predicted octanol–water partition coefficient (Wildman–Crippen LogP) is 1.29. The molecular formula is C19H40O8. The van der Waals surface area contributed by atoms with E-state index in [4.69, 9.17) is 38.3 Å². The molecule has 0 aromatic rings. The van der Waals surface area contributed by atoms with Crippen LogP contribution in [0.25, 0.3) is 0 Å². The van der Waals surface area contributed by atoms with Crippen molar-refractivity contribution in [1.82, 2.24) is 0 Å². The Balaban J connectivity index is 2.95. The summed E-state index contributed by atoms with van der Waals surface area (Å²) in [7, 11) is 0. The van der Waals surface area contributed by atoms with Crippen LogP contribution in [0.1, 0.15) is 26.2 Å². The molecule has 0 saturated carbocycles. The molecule has 0 amide bonds. The average Bonchev–Trinajstić information content (AvgIpc) is 2.68. The van der Waals surface area contributed by atoms with Gasteiger partial charge in [0.15, 0.2) is 0 Å². The summed E-state index contributed by atoms with van der Waals surface area (Å²) in [4.78, 5) is 0. The van der Waals surface area contributed by atoms with Gasteiger partial charge < -0.3 is 38.3 Å². The van der Waals surface area contributed by atoms with Crippen molar-refractivity contribution >= 4 is 0 Å². The summed E-state index contributed by atoms with van der Waals surface area (Å²) in [5.41, 5.74) is 0. The van der Waals surface area contributed by atoms with Crippen LogP contribution in [0.5, 0.6) is 0 Å². The molecule has 0 aliphatic heterocycles. The van der Waals surface area contributed by atoms with Gasteiger partial charge in [0.2, 0.25) is 0 Å². The second-order valence-corrected chi connectivity index (χ2v) is 5.72. The Labute approximate surface area is 164 Å². The number of aliphatic hydroxyl groups excluding tert-OH is 1. The molecular weight excluding hydrogens is 356 g/mol. The summed E-state index contributed by atoms with van der Waals surface area (Å²) >= 11 is 0. The number of unbranched alkanes of at least 4 members (excludes halogenated alkanes) is 2. The number of rotatable bonds is 24. The molecule has 0 fully saturated rings. The Morgan fingerprint density at radius 2 is 0.704 bits per heavy atom. The van der Waals surface area contributed by atoms with Gasteiger partial charge in [-0.1, -0.05) is 19.8 Å². The van der Waals surface area contributed by atoms with E-state index in [0.29, 0.717) is 85.9 Å². The van der Waals surface area contributed by atoms with Crippen LogP contribution in [0.15, 0.2) is 0 Å². The van der Waals surface area contributed by atoms with Crippen molar-refractivity contribution in [3.8, 4) is 0 Å². The normalized spacial score (nSPS) is 11.3. The van der Waals surface area contributed by atoms with E-state index in [-0.39, 0.29) is 6.61 Å². The van der Waals surface area contributed by atoms with Crippen molar-refractivity contribution in [2.75, 3.05) is 99.1 Å². The summed E-state index contributed by atoms with van der Waals surface area (Å²) in [6.45, 7) is 10.0. The summed E-state index contributed by atoms with van der Waals surface area (Å²) in [6, 6.07) is 0. The van der Waals surface area contributed by atoms with Crippen molar-refractivity contribution in [1.29, 1.82) is 0 Å². The van der Waals surface area contributed by atoms with Crippen LogP contribution in [0.4, 0.5) is 0 Å². The lowest BCUT2D eigenvalue weighted by Gasteiger charge is -2.08. The van der Waals surface area contributed by atoms with E-state index in [0.717, 1.165) is 13.0 Å². The van der Waals surface area contributed by atoms with Crippen LogP contribution in [0, 0.1) is 0 Å². The Morgan fingerprint density at radius 3 is 1.00 bits per heavy atom. The van der Waals surface area contributed by atoms with E-state index in [1.165, 1.54) is 12.8 Å². The first-order valence-electron chi connectivity index (χ1n) is 10.1. The molecule has 0 rings (SSSR count). The van der Waals surface area contributed by atoms with Crippen molar-refractivity contribution in [3.63, 3.8) is 0 Å². The quantitative estimate of drug-likeness (QED) is 0.244. The highest BCUT2D eigenvalue weighted by atomic mass is 16.6. The molecule has 27 heavy (non-hydrogen) atoms. The molecule has 0 bridgehead atoms. The van der Waals surface area contributed by atoms with E-state index in [1.807, 2.05) is 0 Å². The zero-order valence-corrected chi connectivity index (χ0v) is 17.0. The van der Waals surface area contributed by atoms with E-state index in [2.05, 4.69) is 6.92 Å². The van der Waals surface area contributed by atoms with Gasteiger partial charge >= 0.3 is 0 Å². The second-order valence-electron chi connectivity index (χ2n) is 5.72. The molecule has 8 heteroatoms. The fourth-order valence-corrected chi connectivity index (χ4v) is 1.94. The molecule has 0 aliphatic rings. The standard InChI is InChI=1S/C19H40O8/c1-2-3-4-6-21-8-10-23-12-14-25-16-18-27-19-17-26-15-13-24-11-9-22-7-5-20/h20H,2-19H2,1H3. The van der Waals surface area contributed by atoms with Crippen LogP contribution < -0.4 is 0 Å². The lowest BCUT2D eigenvalue weighted by atomic mass is 10.3. The van der Waals surface area contributed by atoms with Crippen LogP contribution in [-0.4, -0.2) is 104 Å². The van der Waals surface area contributed by atoms with E-state index >= 15 is 0 Å². The van der Waals surface area contributed by atoms with Crippen LogP contribution >= 0.6 is 0 Å². The van der Waals surface area contributed by atoms with Gasteiger partial charge in [-0.3, -0.25) is 0 Å². The summed E-state index contributed by atoms with van der Waals surface area (Å²) in [5, 5.41) is 8.52.